The second kappa shape index (κ2) is 6.63. The van der Waals surface area contributed by atoms with Gasteiger partial charge in [-0.2, -0.15) is 10.1 Å². The Labute approximate surface area is 147 Å². The van der Waals surface area contributed by atoms with Crippen LogP contribution < -0.4 is 9.47 Å². The highest BCUT2D eigenvalue weighted by atomic mass is 16.6. The summed E-state index contributed by atoms with van der Waals surface area (Å²) in [5.41, 5.74) is 0.222. The third-order valence-corrected chi connectivity index (χ3v) is 3.81. The lowest BCUT2D eigenvalue weighted by atomic mass is 10.1. The van der Waals surface area contributed by atoms with Crippen LogP contribution in [0.15, 0.2) is 41.5 Å². The number of methoxy groups -OCH3 is 2. The molecule has 3 rings (SSSR count). The average molecular weight is 355 g/mol. The van der Waals surface area contributed by atoms with E-state index >= 15 is 0 Å². The number of nitro benzene ring substituents is 1. The van der Waals surface area contributed by atoms with Gasteiger partial charge in [0, 0.05) is 0 Å². The zero-order valence-electron chi connectivity index (χ0n) is 13.8. The van der Waals surface area contributed by atoms with Crippen LogP contribution in [0.1, 0.15) is 26.3 Å². The monoisotopic (exact) mass is 355 g/mol. The molecule has 2 aromatic rings. The third kappa shape index (κ3) is 2.75. The number of hydrogen-bond donors (Lipinski definition) is 0. The number of hydrazone groups is 1. The summed E-state index contributed by atoms with van der Waals surface area (Å²) in [6.45, 7) is 0. The van der Waals surface area contributed by atoms with Gasteiger partial charge in [-0.05, 0) is 18.2 Å². The molecule has 0 saturated carbocycles. The molecule has 0 spiro atoms. The minimum Gasteiger partial charge on any atom is -0.493 e. The minimum absolute atomic E-state index is 0.0595. The van der Waals surface area contributed by atoms with E-state index in [4.69, 9.17) is 9.47 Å². The maximum atomic E-state index is 12.3. The van der Waals surface area contributed by atoms with Crippen molar-refractivity contribution in [1.82, 2.24) is 5.01 Å². The summed E-state index contributed by atoms with van der Waals surface area (Å²) in [5, 5.41) is 15.8. The average Bonchev–Trinajstić information content (AvgIpc) is 2.90. The predicted octanol–water partition coefficient (Wildman–Crippen LogP) is 2.24. The number of imide groups is 1. The van der Waals surface area contributed by atoms with Gasteiger partial charge in [0.15, 0.2) is 11.5 Å². The lowest BCUT2D eigenvalue weighted by Crippen LogP contribution is -2.24. The number of hydrogen-bond acceptors (Lipinski definition) is 7. The fourth-order valence-electron chi connectivity index (χ4n) is 2.55. The van der Waals surface area contributed by atoms with E-state index < -0.39 is 16.7 Å². The van der Waals surface area contributed by atoms with E-state index in [0.29, 0.717) is 5.01 Å². The molecule has 0 aliphatic carbocycles. The highest BCUT2D eigenvalue weighted by molar-refractivity contribution is 6.21. The number of amides is 2. The van der Waals surface area contributed by atoms with E-state index in [9.17, 15) is 19.7 Å². The van der Waals surface area contributed by atoms with Gasteiger partial charge < -0.3 is 9.47 Å². The lowest BCUT2D eigenvalue weighted by Gasteiger charge is -2.09. The first-order valence-electron chi connectivity index (χ1n) is 7.40. The van der Waals surface area contributed by atoms with E-state index in [2.05, 4.69) is 5.10 Å². The Balaban J connectivity index is 2.00. The summed E-state index contributed by atoms with van der Waals surface area (Å²) in [6, 6.07) is 8.84. The molecule has 1 aliphatic rings. The summed E-state index contributed by atoms with van der Waals surface area (Å²) in [6.07, 6.45) is 1.07. The summed E-state index contributed by atoms with van der Waals surface area (Å²) in [5.74, 6) is -0.756. The van der Waals surface area contributed by atoms with Crippen molar-refractivity contribution in [2.75, 3.05) is 14.2 Å². The van der Waals surface area contributed by atoms with Crippen molar-refractivity contribution in [2.24, 2.45) is 5.10 Å². The van der Waals surface area contributed by atoms with Crippen LogP contribution >= 0.6 is 0 Å². The Morgan fingerprint density at radius 2 is 1.58 bits per heavy atom. The van der Waals surface area contributed by atoms with Crippen LogP contribution in [-0.4, -0.2) is 42.2 Å². The molecule has 2 aromatic carbocycles. The standard InChI is InChI=1S/C17H13N3O6/c1-25-14-7-10(13(20(23)24)8-15(14)26-2)9-18-19-16(21)11-5-3-4-6-12(11)17(19)22/h3-9H,1-2H3/b18-9-. The highest BCUT2D eigenvalue weighted by Crippen LogP contribution is 2.34. The molecule has 0 fully saturated rings. The van der Waals surface area contributed by atoms with E-state index in [-0.39, 0.29) is 33.9 Å². The molecule has 0 atom stereocenters. The van der Waals surface area contributed by atoms with Crippen LogP contribution in [-0.2, 0) is 0 Å². The van der Waals surface area contributed by atoms with Crippen molar-refractivity contribution in [3.05, 3.63) is 63.2 Å². The van der Waals surface area contributed by atoms with Crippen molar-refractivity contribution in [3.8, 4) is 11.5 Å². The Hall–Kier alpha value is -3.75. The molecular formula is C17H13N3O6. The molecule has 0 unspecified atom stereocenters. The van der Waals surface area contributed by atoms with Gasteiger partial charge in [0.2, 0.25) is 0 Å². The number of ether oxygens (including phenoxy) is 2. The number of fused-ring (bicyclic) bond motifs is 1. The highest BCUT2D eigenvalue weighted by Gasteiger charge is 2.35. The summed E-state index contributed by atoms with van der Waals surface area (Å²) >= 11 is 0. The maximum absolute atomic E-state index is 12.3. The maximum Gasteiger partial charge on any atom is 0.282 e. The molecular weight excluding hydrogens is 342 g/mol. The summed E-state index contributed by atoms with van der Waals surface area (Å²) < 4.78 is 10.2. The number of carbonyl (C=O) groups is 2. The van der Waals surface area contributed by atoms with Gasteiger partial charge in [-0.25, -0.2) is 0 Å². The van der Waals surface area contributed by atoms with Gasteiger partial charge in [-0.15, -0.1) is 0 Å². The summed E-state index contributed by atoms with van der Waals surface area (Å²) in [7, 11) is 2.74. The molecule has 0 bridgehead atoms. The van der Waals surface area contributed by atoms with Gasteiger partial charge in [0.1, 0.15) is 0 Å². The molecule has 0 saturated heterocycles. The van der Waals surface area contributed by atoms with Crippen molar-refractivity contribution < 1.29 is 24.0 Å². The molecule has 26 heavy (non-hydrogen) atoms. The number of nitro groups is 1. The second-order valence-electron chi connectivity index (χ2n) is 5.24. The molecule has 0 radical (unpaired) electrons. The Morgan fingerprint density at radius 3 is 2.08 bits per heavy atom. The smallest absolute Gasteiger partial charge is 0.282 e. The van der Waals surface area contributed by atoms with Gasteiger partial charge in [0.25, 0.3) is 17.5 Å². The molecule has 1 aliphatic heterocycles. The van der Waals surface area contributed by atoms with Gasteiger partial charge >= 0.3 is 0 Å². The molecule has 0 N–H and O–H groups in total. The van der Waals surface area contributed by atoms with E-state index in [0.717, 1.165) is 6.21 Å². The fourth-order valence-corrected chi connectivity index (χ4v) is 2.55. The van der Waals surface area contributed by atoms with Crippen LogP contribution in [0.25, 0.3) is 0 Å². The van der Waals surface area contributed by atoms with Crippen molar-refractivity contribution in [1.29, 1.82) is 0 Å². The molecule has 9 nitrogen and oxygen atoms in total. The first-order chi connectivity index (χ1) is 12.5. The van der Waals surface area contributed by atoms with Crippen LogP contribution in [0.4, 0.5) is 5.69 Å². The number of nitrogens with zero attached hydrogens (tertiary/aromatic N) is 3. The molecule has 2 amide bonds. The van der Waals surface area contributed by atoms with Crippen LogP contribution in [0.2, 0.25) is 0 Å². The van der Waals surface area contributed by atoms with Crippen LogP contribution in [0.5, 0.6) is 11.5 Å². The molecule has 1 heterocycles. The lowest BCUT2D eigenvalue weighted by molar-refractivity contribution is -0.385. The first-order valence-corrected chi connectivity index (χ1v) is 7.40. The van der Waals surface area contributed by atoms with Crippen LogP contribution in [0.3, 0.4) is 0 Å². The number of benzene rings is 2. The number of carbonyl (C=O) groups excluding carboxylic acids is 2. The normalized spacial score (nSPS) is 13.2. The Morgan fingerprint density at radius 1 is 1.04 bits per heavy atom. The molecule has 132 valence electrons. The Kier molecular flexibility index (Phi) is 4.36. The van der Waals surface area contributed by atoms with Gasteiger partial charge in [0.05, 0.1) is 48.1 Å². The van der Waals surface area contributed by atoms with Gasteiger partial charge in [-0.1, -0.05) is 12.1 Å². The minimum atomic E-state index is -0.619. The van der Waals surface area contributed by atoms with Gasteiger partial charge in [-0.3, -0.25) is 19.7 Å². The quantitative estimate of drug-likeness (QED) is 0.352. The zero-order valence-corrected chi connectivity index (χ0v) is 13.8. The van der Waals surface area contributed by atoms with Crippen molar-refractivity contribution >= 4 is 23.7 Å². The molecule has 0 aromatic heterocycles. The Bertz CT molecular complexity index is 919. The van der Waals surface area contributed by atoms with Crippen molar-refractivity contribution in [2.45, 2.75) is 0 Å². The second-order valence-corrected chi connectivity index (χ2v) is 5.24. The first kappa shape index (κ1) is 17.1. The third-order valence-electron chi connectivity index (χ3n) is 3.81. The van der Waals surface area contributed by atoms with E-state index in [1.165, 1.54) is 38.5 Å². The van der Waals surface area contributed by atoms with E-state index in [1.54, 1.807) is 12.1 Å². The fraction of sp³-hybridized carbons (Fsp3) is 0.118. The predicted molar refractivity (Wildman–Crippen MR) is 90.7 cm³/mol. The topological polar surface area (TPSA) is 111 Å². The van der Waals surface area contributed by atoms with Crippen molar-refractivity contribution in [3.63, 3.8) is 0 Å². The van der Waals surface area contributed by atoms with Crippen LogP contribution in [0, 0.1) is 10.1 Å². The molecule has 9 heteroatoms. The number of rotatable bonds is 5. The largest absolute Gasteiger partial charge is 0.493 e. The van der Waals surface area contributed by atoms with E-state index in [1.807, 2.05) is 0 Å². The summed E-state index contributed by atoms with van der Waals surface area (Å²) in [4.78, 5) is 35.2. The zero-order chi connectivity index (χ0) is 18.8. The SMILES string of the molecule is COc1cc(/C=N\N2C(=O)c3ccccc3C2=O)c([N+](=O)[O-])cc1OC.